The normalized spacial score (nSPS) is 25.5. The van der Waals surface area contributed by atoms with Gasteiger partial charge in [-0.1, -0.05) is 12.8 Å². The van der Waals surface area contributed by atoms with Crippen molar-refractivity contribution >= 4 is 12.0 Å². The molecule has 1 unspecified atom stereocenters. The van der Waals surface area contributed by atoms with Crippen LogP contribution in [0.4, 0.5) is 4.79 Å². The minimum absolute atomic E-state index is 0.0175. The van der Waals surface area contributed by atoms with Crippen LogP contribution in [0.2, 0.25) is 0 Å². The lowest BCUT2D eigenvalue weighted by atomic mass is 9.93. The molecular formula is C13H22N2O4. The van der Waals surface area contributed by atoms with Gasteiger partial charge in [0.15, 0.2) is 0 Å². The Kier molecular flexibility index (Phi) is 4.29. The van der Waals surface area contributed by atoms with Gasteiger partial charge < -0.3 is 20.4 Å². The van der Waals surface area contributed by atoms with Crippen LogP contribution in [0.25, 0.3) is 0 Å². The molecule has 1 aliphatic heterocycles. The summed E-state index contributed by atoms with van der Waals surface area (Å²) >= 11 is 0. The highest BCUT2D eigenvalue weighted by Crippen LogP contribution is 2.33. The number of likely N-dealkylation sites (tertiary alicyclic amines) is 1. The Labute approximate surface area is 112 Å². The van der Waals surface area contributed by atoms with E-state index in [9.17, 15) is 14.7 Å². The smallest absolute Gasteiger partial charge is 0.318 e. The number of hydrogen-bond donors (Lipinski definition) is 3. The number of aliphatic hydroxyl groups is 1. The summed E-state index contributed by atoms with van der Waals surface area (Å²) in [6, 6.07) is -0.344. The van der Waals surface area contributed by atoms with Crippen LogP contribution in [-0.2, 0) is 4.79 Å². The van der Waals surface area contributed by atoms with Gasteiger partial charge in [0.2, 0.25) is 0 Å². The first kappa shape index (κ1) is 14.1. The highest BCUT2D eigenvalue weighted by Gasteiger charge is 2.39. The number of urea groups is 1. The Morgan fingerprint density at radius 3 is 2.53 bits per heavy atom. The molecule has 1 aliphatic carbocycles. The molecule has 6 nitrogen and oxygen atoms in total. The molecule has 19 heavy (non-hydrogen) atoms. The largest absolute Gasteiger partial charge is 0.481 e. The molecule has 0 aromatic carbocycles. The third kappa shape index (κ3) is 3.18. The fraction of sp³-hybridized carbons (Fsp3) is 0.846. The summed E-state index contributed by atoms with van der Waals surface area (Å²) in [6.45, 7) is 0.611. The topological polar surface area (TPSA) is 89.9 Å². The molecule has 0 bridgehead atoms. The molecule has 0 radical (unpaired) electrons. The van der Waals surface area contributed by atoms with Gasteiger partial charge in [0, 0.05) is 6.54 Å². The van der Waals surface area contributed by atoms with Crippen molar-refractivity contribution in [1.82, 2.24) is 10.2 Å². The van der Waals surface area contributed by atoms with Crippen molar-refractivity contribution in [3.05, 3.63) is 0 Å². The predicted molar refractivity (Wildman–Crippen MR) is 68.8 cm³/mol. The highest BCUT2D eigenvalue weighted by molar-refractivity contribution is 5.77. The quantitative estimate of drug-likeness (QED) is 0.709. The average Bonchev–Trinajstić information content (AvgIpc) is 2.96. The van der Waals surface area contributed by atoms with Crippen molar-refractivity contribution < 1.29 is 19.8 Å². The summed E-state index contributed by atoms with van der Waals surface area (Å²) in [5.74, 6) is -0.873. The molecule has 108 valence electrons. The van der Waals surface area contributed by atoms with Gasteiger partial charge in [-0.05, 0) is 25.7 Å². The SMILES string of the molecule is O=C(O)CC1(NC(=O)N2CCCC2CO)CCCC1. The zero-order valence-electron chi connectivity index (χ0n) is 11.1. The molecule has 2 rings (SSSR count). The van der Waals surface area contributed by atoms with Crippen LogP contribution in [0.5, 0.6) is 0 Å². The lowest BCUT2D eigenvalue weighted by Gasteiger charge is -2.33. The third-order valence-corrected chi connectivity index (χ3v) is 4.27. The van der Waals surface area contributed by atoms with Crippen LogP contribution in [0, 0.1) is 0 Å². The van der Waals surface area contributed by atoms with E-state index in [-0.39, 0.29) is 25.1 Å². The number of amides is 2. The number of aliphatic carboxylic acids is 1. The van der Waals surface area contributed by atoms with Gasteiger partial charge in [-0.15, -0.1) is 0 Å². The van der Waals surface area contributed by atoms with Crippen LogP contribution in [0.3, 0.4) is 0 Å². The van der Waals surface area contributed by atoms with E-state index in [1.54, 1.807) is 4.90 Å². The van der Waals surface area contributed by atoms with Gasteiger partial charge in [-0.2, -0.15) is 0 Å². The summed E-state index contributed by atoms with van der Waals surface area (Å²) in [5.41, 5.74) is -0.592. The maximum atomic E-state index is 12.3. The molecule has 2 amide bonds. The summed E-state index contributed by atoms with van der Waals surface area (Å²) < 4.78 is 0. The predicted octanol–water partition coefficient (Wildman–Crippen LogP) is 0.940. The molecule has 0 spiro atoms. The van der Waals surface area contributed by atoms with Crippen molar-refractivity contribution in [3.63, 3.8) is 0 Å². The van der Waals surface area contributed by atoms with Crippen molar-refractivity contribution in [2.45, 2.75) is 56.5 Å². The number of carbonyl (C=O) groups is 2. The van der Waals surface area contributed by atoms with Gasteiger partial charge in [0.05, 0.1) is 24.6 Å². The van der Waals surface area contributed by atoms with E-state index in [1.165, 1.54) is 0 Å². The number of carboxylic acids is 1. The lowest BCUT2D eigenvalue weighted by molar-refractivity contribution is -0.138. The van der Waals surface area contributed by atoms with Gasteiger partial charge >= 0.3 is 12.0 Å². The Bertz CT molecular complexity index is 353. The van der Waals surface area contributed by atoms with E-state index in [0.717, 1.165) is 38.5 Å². The second kappa shape index (κ2) is 5.77. The molecule has 0 aromatic rings. The fourth-order valence-electron chi connectivity index (χ4n) is 3.28. The molecule has 2 aliphatic rings. The van der Waals surface area contributed by atoms with E-state index in [0.29, 0.717) is 6.54 Å². The highest BCUT2D eigenvalue weighted by atomic mass is 16.4. The number of nitrogens with one attached hydrogen (secondary N) is 1. The molecule has 1 atom stereocenters. The zero-order valence-corrected chi connectivity index (χ0v) is 11.1. The number of aliphatic hydroxyl groups excluding tert-OH is 1. The van der Waals surface area contributed by atoms with Crippen molar-refractivity contribution in [2.24, 2.45) is 0 Å². The zero-order chi connectivity index (χ0) is 13.9. The van der Waals surface area contributed by atoms with Crippen LogP contribution in [-0.4, -0.2) is 51.8 Å². The minimum Gasteiger partial charge on any atom is -0.481 e. The monoisotopic (exact) mass is 270 g/mol. The number of rotatable bonds is 4. The molecule has 3 N–H and O–H groups in total. The first-order chi connectivity index (χ1) is 9.06. The Balaban J connectivity index is 2.01. The van der Waals surface area contributed by atoms with E-state index in [4.69, 9.17) is 5.11 Å². The number of carboxylic acid groups (broad SMARTS) is 1. The van der Waals surface area contributed by atoms with Crippen LogP contribution >= 0.6 is 0 Å². The summed E-state index contributed by atoms with van der Waals surface area (Å²) in [7, 11) is 0. The van der Waals surface area contributed by atoms with Crippen molar-refractivity contribution in [3.8, 4) is 0 Å². The minimum atomic E-state index is -0.873. The molecule has 1 heterocycles. The molecule has 6 heteroatoms. The number of nitrogens with zero attached hydrogens (tertiary/aromatic N) is 1. The molecular weight excluding hydrogens is 248 g/mol. The molecule has 2 fully saturated rings. The van der Waals surface area contributed by atoms with Crippen LogP contribution < -0.4 is 5.32 Å². The fourth-order valence-corrected chi connectivity index (χ4v) is 3.28. The Morgan fingerprint density at radius 1 is 1.26 bits per heavy atom. The summed E-state index contributed by atoms with van der Waals surface area (Å²) in [6.07, 6.45) is 5.05. The van der Waals surface area contributed by atoms with Gasteiger partial charge in [0.1, 0.15) is 0 Å². The maximum absolute atomic E-state index is 12.3. The first-order valence-electron chi connectivity index (χ1n) is 6.98. The standard InChI is InChI=1S/C13H22N2O4/c16-9-10-4-3-7-15(10)12(19)14-13(8-11(17)18)5-1-2-6-13/h10,16H,1-9H2,(H,14,19)(H,17,18). The van der Waals surface area contributed by atoms with E-state index < -0.39 is 11.5 Å². The van der Waals surface area contributed by atoms with Crippen molar-refractivity contribution in [2.75, 3.05) is 13.2 Å². The number of hydrogen-bond acceptors (Lipinski definition) is 3. The van der Waals surface area contributed by atoms with Gasteiger partial charge in [0.25, 0.3) is 0 Å². The van der Waals surface area contributed by atoms with Gasteiger partial charge in [-0.25, -0.2) is 4.79 Å². The maximum Gasteiger partial charge on any atom is 0.318 e. The third-order valence-electron chi connectivity index (χ3n) is 4.27. The van der Waals surface area contributed by atoms with E-state index in [2.05, 4.69) is 5.32 Å². The second-order valence-electron chi connectivity index (χ2n) is 5.66. The molecule has 0 aromatic heterocycles. The van der Waals surface area contributed by atoms with E-state index in [1.807, 2.05) is 0 Å². The van der Waals surface area contributed by atoms with Crippen molar-refractivity contribution in [1.29, 1.82) is 0 Å². The summed E-state index contributed by atoms with van der Waals surface area (Å²) in [5, 5.41) is 21.2. The van der Waals surface area contributed by atoms with E-state index >= 15 is 0 Å². The average molecular weight is 270 g/mol. The second-order valence-corrected chi connectivity index (χ2v) is 5.66. The van der Waals surface area contributed by atoms with Crippen LogP contribution in [0.15, 0.2) is 0 Å². The lowest BCUT2D eigenvalue weighted by Crippen LogP contribution is -2.54. The van der Waals surface area contributed by atoms with Crippen LogP contribution in [0.1, 0.15) is 44.9 Å². The molecule has 1 saturated carbocycles. The Morgan fingerprint density at radius 2 is 1.95 bits per heavy atom. The summed E-state index contributed by atoms with van der Waals surface area (Å²) in [4.78, 5) is 24.9. The molecule has 1 saturated heterocycles. The number of carbonyl (C=O) groups excluding carboxylic acids is 1. The van der Waals surface area contributed by atoms with Gasteiger partial charge in [-0.3, -0.25) is 4.79 Å². The Hall–Kier alpha value is -1.30. The first-order valence-corrected chi connectivity index (χ1v) is 6.98.